The maximum absolute atomic E-state index is 11.3. The molecule has 13 heavy (non-hydrogen) atoms. The van der Waals surface area contributed by atoms with Gasteiger partial charge in [-0.1, -0.05) is 0 Å². The Balaban J connectivity index is 2.22. The molecule has 1 heterocycles. The topological polar surface area (TPSA) is 23.6 Å². The Labute approximate surface area is 80.7 Å². The molecule has 3 heteroatoms. The molecular formula is C10H20N2O. The molecule has 3 nitrogen and oxygen atoms in total. The normalized spacial score (nSPS) is 23.5. The lowest BCUT2D eigenvalue weighted by Crippen LogP contribution is -2.28. The molecule has 0 radical (unpaired) electrons. The number of rotatable bonds is 3. The summed E-state index contributed by atoms with van der Waals surface area (Å²) >= 11 is 0. The zero-order chi connectivity index (χ0) is 9.84. The highest BCUT2D eigenvalue weighted by Crippen LogP contribution is 2.19. The summed E-state index contributed by atoms with van der Waals surface area (Å²) < 4.78 is 0. The van der Waals surface area contributed by atoms with Crippen molar-refractivity contribution in [1.82, 2.24) is 9.80 Å². The highest BCUT2D eigenvalue weighted by molar-refractivity contribution is 5.75. The molecule has 0 spiro atoms. The van der Waals surface area contributed by atoms with Crippen LogP contribution in [0.2, 0.25) is 0 Å². The molecule has 0 bridgehead atoms. The Hall–Kier alpha value is -0.570. The Morgan fingerprint density at radius 2 is 2.23 bits per heavy atom. The first-order chi connectivity index (χ1) is 6.11. The Bertz CT molecular complexity index is 180. The van der Waals surface area contributed by atoms with Crippen molar-refractivity contribution >= 4 is 5.91 Å². The molecule has 1 amide bonds. The van der Waals surface area contributed by atoms with Crippen LogP contribution in [0.15, 0.2) is 0 Å². The van der Waals surface area contributed by atoms with Gasteiger partial charge in [-0.25, -0.2) is 0 Å². The zero-order valence-corrected chi connectivity index (χ0v) is 8.92. The average Bonchev–Trinajstić information content (AvgIpc) is 2.47. The van der Waals surface area contributed by atoms with E-state index in [4.69, 9.17) is 0 Å². The lowest BCUT2D eigenvalue weighted by molar-refractivity contribution is -0.129. The van der Waals surface area contributed by atoms with Gasteiger partial charge in [-0.3, -0.25) is 4.79 Å². The van der Waals surface area contributed by atoms with Crippen molar-refractivity contribution in [1.29, 1.82) is 0 Å². The van der Waals surface area contributed by atoms with E-state index in [9.17, 15) is 4.79 Å². The molecule has 0 N–H and O–H groups in total. The first kappa shape index (κ1) is 10.5. The number of carbonyl (C=O) groups excluding carboxylic acids is 1. The number of carbonyl (C=O) groups is 1. The van der Waals surface area contributed by atoms with Gasteiger partial charge in [-0.15, -0.1) is 0 Å². The summed E-state index contributed by atoms with van der Waals surface area (Å²) in [5, 5.41) is 0. The molecule has 1 unspecified atom stereocenters. The van der Waals surface area contributed by atoms with E-state index in [1.807, 2.05) is 14.1 Å². The number of likely N-dealkylation sites (tertiary alicyclic amines) is 1. The first-order valence-electron chi connectivity index (χ1n) is 5.01. The first-order valence-corrected chi connectivity index (χ1v) is 5.01. The molecule has 1 atom stereocenters. The summed E-state index contributed by atoms with van der Waals surface area (Å²) in [5.74, 6) is 0.250. The molecule has 1 aliphatic rings. The van der Waals surface area contributed by atoms with Gasteiger partial charge >= 0.3 is 0 Å². The third-order valence-corrected chi connectivity index (χ3v) is 2.86. The zero-order valence-electron chi connectivity index (χ0n) is 8.92. The van der Waals surface area contributed by atoms with Crippen LogP contribution in [0.3, 0.4) is 0 Å². The van der Waals surface area contributed by atoms with Crippen LogP contribution < -0.4 is 0 Å². The van der Waals surface area contributed by atoms with E-state index in [1.165, 1.54) is 19.4 Å². The standard InChI is InChI=1S/C10H20N2O/c1-11(2)10(13)7-6-9-5-4-8-12(9)3/h9H,4-8H2,1-3H3. The summed E-state index contributed by atoms with van der Waals surface area (Å²) in [6, 6.07) is 0.642. The summed E-state index contributed by atoms with van der Waals surface area (Å²) in [7, 11) is 5.79. The monoisotopic (exact) mass is 184 g/mol. The van der Waals surface area contributed by atoms with Crippen molar-refractivity contribution in [3.63, 3.8) is 0 Å². The second-order valence-corrected chi connectivity index (χ2v) is 4.10. The smallest absolute Gasteiger partial charge is 0.222 e. The van der Waals surface area contributed by atoms with Crippen molar-refractivity contribution in [3.8, 4) is 0 Å². The lowest BCUT2D eigenvalue weighted by atomic mass is 10.1. The van der Waals surface area contributed by atoms with Crippen LogP contribution in [0.4, 0.5) is 0 Å². The van der Waals surface area contributed by atoms with Gasteiger partial charge in [0.15, 0.2) is 0 Å². The number of hydrogen-bond acceptors (Lipinski definition) is 2. The predicted molar refractivity (Wildman–Crippen MR) is 53.6 cm³/mol. The van der Waals surface area contributed by atoms with E-state index in [1.54, 1.807) is 4.90 Å². The molecule has 1 saturated heterocycles. The number of nitrogens with zero attached hydrogens (tertiary/aromatic N) is 2. The Morgan fingerprint density at radius 1 is 1.54 bits per heavy atom. The lowest BCUT2D eigenvalue weighted by Gasteiger charge is -2.19. The second kappa shape index (κ2) is 4.61. The third-order valence-electron chi connectivity index (χ3n) is 2.86. The number of amides is 1. The fraction of sp³-hybridized carbons (Fsp3) is 0.900. The van der Waals surface area contributed by atoms with E-state index in [-0.39, 0.29) is 5.91 Å². The van der Waals surface area contributed by atoms with Crippen molar-refractivity contribution < 1.29 is 4.79 Å². The highest BCUT2D eigenvalue weighted by atomic mass is 16.2. The van der Waals surface area contributed by atoms with Crippen LogP contribution in [0.25, 0.3) is 0 Å². The third kappa shape index (κ3) is 2.99. The van der Waals surface area contributed by atoms with Crippen molar-refractivity contribution in [2.45, 2.75) is 31.7 Å². The summed E-state index contributed by atoms with van der Waals surface area (Å²) in [4.78, 5) is 15.4. The van der Waals surface area contributed by atoms with Gasteiger partial charge in [-0.05, 0) is 32.9 Å². The van der Waals surface area contributed by atoms with E-state index < -0.39 is 0 Å². The van der Waals surface area contributed by atoms with Crippen LogP contribution in [0.1, 0.15) is 25.7 Å². The molecule has 1 rings (SSSR count). The van der Waals surface area contributed by atoms with E-state index in [0.717, 1.165) is 6.42 Å². The fourth-order valence-corrected chi connectivity index (χ4v) is 1.86. The second-order valence-electron chi connectivity index (χ2n) is 4.10. The summed E-state index contributed by atoms with van der Waals surface area (Å²) in [6.07, 6.45) is 4.27. The maximum Gasteiger partial charge on any atom is 0.222 e. The summed E-state index contributed by atoms with van der Waals surface area (Å²) in [5.41, 5.74) is 0. The molecular weight excluding hydrogens is 164 g/mol. The number of hydrogen-bond donors (Lipinski definition) is 0. The molecule has 0 aromatic carbocycles. The minimum atomic E-state index is 0.250. The van der Waals surface area contributed by atoms with Gasteiger partial charge < -0.3 is 9.80 Å². The predicted octanol–water partition coefficient (Wildman–Crippen LogP) is 0.949. The molecule has 1 fully saturated rings. The molecule has 0 saturated carbocycles. The van der Waals surface area contributed by atoms with Crippen LogP contribution in [0, 0.1) is 0 Å². The van der Waals surface area contributed by atoms with Crippen molar-refractivity contribution in [2.24, 2.45) is 0 Å². The van der Waals surface area contributed by atoms with E-state index >= 15 is 0 Å². The van der Waals surface area contributed by atoms with Gasteiger partial charge in [-0.2, -0.15) is 0 Å². The largest absolute Gasteiger partial charge is 0.349 e. The fourth-order valence-electron chi connectivity index (χ4n) is 1.86. The molecule has 0 aliphatic carbocycles. The van der Waals surface area contributed by atoms with Gasteiger partial charge in [0, 0.05) is 26.6 Å². The van der Waals surface area contributed by atoms with E-state index in [0.29, 0.717) is 12.5 Å². The molecule has 76 valence electrons. The molecule has 0 aromatic heterocycles. The van der Waals surface area contributed by atoms with Crippen LogP contribution in [0.5, 0.6) is 0 Å². The Kier molecular flexibility index (Phi) is 3.72. The van der Waals surface area contributed by atoms with Gasteiger partial charge in [0.05, 0.1) is 0 Å². The molecule has 0 aromatic rings. The molecule has 1 aliphatic heterocycles. The van der Waals surface area contributed by atoms with Gasteiger partial charge in [0.2, 0.25) is 5.91 Å². The minimum absolute atomic E-state index is 0.250. The van der Waals surface area contributed by atoms with E-state index in [2.05, 4.69) is 11.9 Å². The van der Waals surface area contributed by atoms with Crippen molar-refractivity contribution in [2.75, 3.05) is 27.7 Å². The van der Waals surface area contributed by atoms with Gasteiger partial charge in [0.1, 0.15) is 0 Å². The van der Waals surface area contributed by atoms with Crippen LogP contribution >= 0.6 is 0 Å². The highest BCUT2D eigenvalue weighted by Gasteiger charge is 2.21. The minimum Gasteiger partial charge on any atom is -0.349 e. The van der Waals surface area contributed by atoms with Crippen molar-refractivity contribution in [3.05, 3.63) is 0 Å². The summed E-state index contributed by atoms with van der Waals surface area (Å²) in [6.45, 7) is 1.20. The quantitative estimate of drug-likeness (QED) is 0.652. The SMILES string of the molecule is CN(C)C(=O)CCC1CCCN1C. The average molecular weight is 184 g/mol. The van der Waals surface area contributed by atoms with Crippen LogP contribution in [-0.2, 0) is 4.79 Å². The maximum atomic E-state index is 11.3. The van der Waals surface area contributed by atoms with Gasteiger partial charge in [0.25, 0.3) is 0 Å². The van der Waals surface area contributed by atoms with Crippen LogP contribution in [-0.4, -0.2) is 49.4 Å². The Morgan fingerprint density at radius 3 is 2.69 bits per heavy atom.